The Hall–Kier alpha value is -3.33. The number of rotatable bonds is 5. The van der Waals surface area contributed by atoms with E-state index in [9.17, 15) is 10.1 Å². The van der Waals surface area contributed by atoms with Crippen molar-refractivity contribution in [3.05, 3.63) is 64.2 Å². The zero-order valence-corrected chi connectivity index (χ0v) is 12.8. The summed E-state index contributed by atoms with van der Waals surface area (Å²) >= 11 is 5.77. The van der Waals surface area contributed by atoms with E-state index in [0.29, 0.717) is 16.7 Å². The third-order valence-corrected chi connectivity index (χ3v) is 3.11. The number of hydrogen-bond donors (Lipinski definition) is 2. The summed E-state index contributed by atoms with van der Waals surface area (Å²) in [5.74, 6) is 0.813. The highest BCUT2D eigenvalue weighted by molar-refractivity contribution is 6.30. The van der Waals surface area contributed by atoms with Crippen molar-refractivity contribution in [2.75, 3.05) is 10.6 Å². The molecule has 0 bridgehead atoms. The lowest BCUT2D eigenvalue weighted by Gasteiger charge is -2.09. The van der Waals surface area contributed by atoms with E-state index < -0.39 is 4.92 Å². The summed E-state index contributed by atoms with van der Waals surface area (Å²) in [6.07, 6.45) is 4.19. The van der Waals surface area contributed by atoms with Crippen molar-refractivity contribution in [2.24, 2.45) is 0 Å². The van der Waals surface area contributed by atoms with Crippen molar-refractivity contribution in [1.82, 2.24) is 19.9 Å². The predicted molar refractivity (Wildman–Crippen MR) is 88.7 cm³/mol. The molecule has 0 spiro atoms. The summed E-state index contributed by atoms with van der Waals surface area (Å²) in [5, 5.41) is 17.5. The zero-order valence-electron chi connectivity index (χ0n) is 12.0. The van der Waals surface area contributed by atoms with Gasteiger partial charge in [0.25, 0.3) is 0 Å². The third-order valence-electron chi connectivity index (χ3n) is 2.89. The lowest BCUT2D eigenvalue weighted by Crippen LogP contribution is -2.06. The molecule has 9 nitrogen and oxygen atoms in total. The molecule has 3 aromatic heterocycles. The molecule has 0 aliphatic rings. The monoisotopic (exact) mass is 343 g/mol. The Bertz CT molecular complexity index is 859. The van der Waals surface area contributed by atoms with Crippen LogP contribution in [0.2, 0.25) is 5.02 Å². The van der Waals surface area contributed by atoms with Gasteiger partial charge in [0, 0.05) is 12.4 Å². The maximum Gasteiger partial charge on any atom is 0.354 e. The fraction of sp³-hybridized carbons (Fsp3) is 0. The first-order valence-electron chi connectivity index (χ1n) is 6.69. The van der Waals surface area contributed by atoms with Crippen LogP contribution in [0.4, 0.5) is 29.0 Å². The van der Waals surface area contributed by atoms with E-state index in [4.69, 9.17) is 11.6 Å². The van der Waals surface area contributed by atoms with Crippen molar-refractivity contribution < 1.29 is 4.92 Å². The molecule has 2 N–H and O–H groups in total. The molecule has 0 saturated carbocycles. The molecule has 24 heavy (non-hydrogen) atoms. The van der Waals surface area contributed by atoms with E-state index in [1.165, 1.54) is 12.5 Å². The quantitative estimate of drug-likeness (QED) is 0.535. The van der Waals surface area contributed by atoms with Crippen LogP contribution >= 0.6 is 11.6 Å². The number of nitro groups is 1. The van der Waals surface area contributed by atoms with Gasteiger partial charge in [-0.1, -0.05) is 17.7 Å². The molecule has 0 amide bonds. The second-order valence-corrected chi connectivity index (χ2v) is 4.94. The Morgan fingerprint density at radius 3 is 2.21 bits per heavy atom. The number of anilines is 4. The first-order valence-corrected chi connectivity index (χ1v) is 7.07. The van der Waals surface area contributed by atoms with Gasteiger partial charge in [0.1, 0.15) is 18.0 Å². The Kier molecular flexibility index (Phi) is 4.43. The molecule has 0 saturated heterocycles. The third kappa shape index (κ3) is 3.52. The fourth-order valence-electron chi connectivity index (χ4n) is 1.86. The van der Waals surface area contributed by atoms with E-state index in [2.05, 4.69) is 30.6 Å². The molecule has 0 aliphatic carbocycles. The molecule has 0 fully saturated rings. The van der Waals surface area contributed by atoms with Gasteiger partial charge in [0.05, 0.1) is 9.95 Å². The number of aromatic nitrogens is 4. The summed E-state index contributed by atoms with van der Waals surface area (Å²) < 4.78 is 0. The van der Waals surface area contributed by atoms with Crippen LogP contribution in [0.25, 0.3) is 0 Å². The molecule has 120 valence electrons. The molecular weight excluding hydrogens is 334 g/mol. The molecule has 3 heterocycles. The van der Waals surface area contributed by atoms with Gasteiger partial charge in [-0.15, -0.1) is 0 Å². The summed E-state index contributed by atoms with van der Waals surface area (Å²) in [4.78, 5) is 26.8. The SMILES string of the molecule is O=[N+]([O-])c1c(Nc2ccccn2)ncnc1Nc1ccc(Cl)cn1. The summed E-state index contributed by atoms with van der Waals surface area (Å²) in [6, 6.07) is 8.34. The van der Waals surface area contributed by atoms with Crippen LogP contribution in [0.5, 0.6) is 0 Å². The van der Waals surface area contributed by atoms with Crippen LogP contribution in [0.3, 0.4) is 0 Å². The minimum atomic E-state index is -0.580. The average molecular weight is 344 g/mol. The highest BCUT2D eigenvalue weighted by atomic mass is 35.5. The van der Waals surface area contributed by atoms with Gasteiger partial charge in [0.2, 0.25) is 11.6 Å². The number of halogens is 1. The largest absolute Gasteiger partial charge is 0.354 e. The second kappa shape index (κ2) is 6.84. The van der Waals surface area contributed by atoms with Crippen LogP contribution in [-0.4, -0.2) is 24.9 Å². The van der Waals surface area contributed by atoms with Gasteiger partial charge in [-0.2, -0.15) is 0 Å². The van der Waals surface area contributed by atoms with E-state index in [-0.39, 0.29) is 17.3 Å². The standard InChI is InChI=1S/C14H10ClN7O2/c15-9-4-5-11(17-7-9)21-14-12(22(23)24)13(18-8-19-14)20-10-3-1-2-6-16-10/h1-8H,(H2,16,17,18,19,20,21). The number of pyridine rings is 2. The van der Waals surface area contributed by atoms with Gasteiger partial charge in [-0.05, 0) is 24.3 Å². The fourth-order valence-corrected chi connectivity index (χ4v) is 1.98. The zero-order chi connectivity index (χ0) is 16.9. The van der Waals surface area contributed by atoms with Crippen LogP contribution in [-0.2, 0) is 0 Å². The lowest BCUT2D eigenvalue weighted by molar-refractivity contribution is -0.383. The molecule has 3 rings (SSSR count). The summed E-state index contributed by atoms with van der Waals surface area (Å²) in [5.41, 5.74) is -0.320. The van der Waals surface area contributed by atoms with Gasteiger partial charge in [-0.25, -0.2) is 19.9 Å². The maximum absolute atomic E-state index is 11.5. The van der Waals surface area contributed by atoms with Gasteiger partial charge in [-0.3, -0.25) is 10.1 Å². The number of nitrogens with one attached hydrogen (secondary N) is 2. The molecule has 0 atom stereocenters. The lowest BCUT2D eigenvalue weighted by atomic mass is 10.4. The first kappa shape index (κ1) is 15.6. The molecule has 0 unspecified atom stereocenters. The Balaban J connectivity index is 1.96. The number of nitrogens with zero attached hydrogens (tertiary/aromatic N) is 5. The second-order valence-electron chi connectivity index (χ2n) is 4.50. The van der Waals surface area contributed by atoms with E-state index >= 15 is 0 Å². The average Bonchev–Trinajstić information content (AvgIpc) is 2.58. The molecule has 3 aromatic rings. The minimum absolute atomic E-state index is 0.00301. The Morgan fingerprint density at radius 1 is 0.958 bits per heavy atom. The predicted octanol–water partition coefficient (Wildman–Crippen LogP) is 3.32. The van der Waals surface area contributed by atoms with Crippen LogP contribution in [0.15, 0.2) is 49.1 Å². The van der Waals surface area contributed by atoms with Crippen molar-refractivity contribution in [1.29, 1.82) is 0 Å². The van der Waals surface area contributed by atoms with Crippen LogP contribution in [0.1, 0.15) is 0 Å². The highest BCUT2D eigenvalue weighted by Gasteiger charge is 2.23. The van der Waals surface area contributed by atoms with E-state index in [1.54, 1.807) is 36.5 Å². The molecule has 10 heteroatoms. The van der Waals surface area contributed by atoms with E-state index in [1.807, 2.05) is 0 Å². The van der Waals surface area contributed by atoms with Crippen molar-refractivity contribution >= 4 is 40.6 Å². The van der Waals surface area contributed by atoms with Gasteiger partial charge in [0.15, 0.2) is 0 Å². The Labute approximate surface area is 140 Å². The Morgan fingerprint density at radius 2 is 1.67 bits per heavy atom. The topological polar surface area (TPSA) is 119 Å². The molecule has 0 aliphatic heterocycles. The normalized spacial score (nSPS) is 10.2. The maximum atomic E-state index is 11.5. The number of hydrogen-bond acceptors (Lipinski definition) is 8. The smallest absolute Gasteiger partial charge is 0.319 e. The molecule has 0 radical (unpaired) electrons. The molecule has 0 aromatic carbocycles. The van der Waals surface area contributed by atoms with E-state index in [0.717, 1.165) is 0 Å². The first-order chi connectivity index (χ1) is 11.6. The van der Waals surface area contributed by atoms with Crippen LogP contribution in [0, 0.1) is 10.1 Å². The minimum Gasteiger partial charge on any atom is -0.319 e. The van der Waals surface area contributed by atoms with Crippen LogP contribution < -0.4 is 10.6 Å². The summed E-state index contributed by atoms with van der Waals surface area (Å²) in [7, 11) is 0. The summed E-state index contributed by atoms with van der Waals surface area (Å²) in [6.45, 7) is 0. The highest BCUT2D eigenvalue weighted by Crippen LogP contribution is 2.32. The van der Waals surface area contributed by atoms with Crippen molar-refractivity contribution in [3.63, 3.8) is 0 Å². The van der Waals surface area contributed by atoms with Gasteiger partial charge >= 0.3 is 5.69 Å². The van der Waals surface area contributed by atoms with Crippen molar-refractivity contribution in [2.45, 2.75) is 0 Å². The molecular formula is C14H10ClN7O2. The van der Waals surface area contributed by atoms with Crippen molar-refractivity contribution in [3.8, 4) is 0 Å². The van der Waals surface area contributed by atoms with Gasteiger partial charge < -0.3 is 10.6 Å².